The van der Waals surface area contributed by atoms with Crippen molar-refractivity contribution in [1.29, 1.82) is 0 Å². The number of anilines is 2. The topological polar surface area (TPSA) is 67.1 Å². The van der Waals surface area contributed by atoms with Gasteiger partial charge in [-0.3, -0.25) is 10.6 Å². The Morgan fingerprint density at radius 1 is 1.05 bits per heavy atom. The fourth-order valence-corrected chi connectivity index (χ4v) is 1.86. The van der Waals surface area contributed by atoms with E-state index in [1.54, 1.807) is 0 Å². The van der Waals surface area contributed by atoms with Crippen LogP contribution in [-0.2, 0) is 0 Å². The maximum atomic E-state index is 13.5. The highest BCUT2D eigenvalue weighted by molar-refractivity contribution is 6.34. The summed E-state index contributed by atoms with van der Waals surface area (Å²) in [6.45, 7) is 0. The largest absolute Gasteiger partial charge is 0.319 e. The molecule has 0 radical (unpaired) electrons. The molecule has 2 aromatic carbocycles. The molecule has 0 saturated heterocycles. The monoisotopic (exact) mass is 315 g/mol. The van der Waals surface area contributed by atoms with Crippen LogP contribution in [0.2, 0.25) is 5.02 Å². The highest BCUT2D eigenvalue weighted by atomic mass is 35.5. The molecule has 0 aliphatic heterocycles. The first-order chi connectivity index (χ1) is 9.93. The van der Waals surface area contributed by atoms with Crippen molar-refractivity contribution in [2.45, 2.75) is 0 Å². The molecule has 0 saturated carbocycles. The number of halogens is 4. The first-order valence-electron chi connectivity index (χ1n) is 5.65. The minimum atomic E-state index is -1.05. The van der Waals surface area contributed by atoms with Gasteiger partial charge in [0.2, 0.25) is 0 Å². The second-order valence-electron chi connectivity index (χ2n) is 4.01. The van der Waals surface area contributed by atoms with Crippen molar-refractivity contribution in [1.82, 2.24) is 0 Å². The minimum Gasteiger partial charge on any atom is -0.319 e. The third-order valence-corrected chi connectivity index (χ3v) is 2.96. The van der Waals surface area contributed by atoms with E-state index in [1.807, 2.05) is 5.43 Å². The minimum absolute atomic E-state index is 0.0375. The van der Waals surface area contributed by atoms with Gasteiger partial charge in [-0.15, -0.1) is 0 Å². The predicted octanol–water partition coefficient (Wildman–Crippen LogP) is 3.30. The number of nitrogen functional groups attached to an aromatic ring is 1. The lowest BCUT2D eigenvalue weighted by atomic mass is 10.1. The summed E-state index contributed by atoms with van der Waals surface area (Å²) in [4.78, 5) is 11.9. The fraction of sp³-hybridized carbons (Fsp3) is 0. The van der Waals surface area contributed by atoms with Crippen molar-refractivity contribution in [2.75, 3.05) is 10.7 Å². The van der Waals surface area contributed by atoms with Crippen LogP contribution in [0.3, 0.4) is 0 Å². The highest BCUT2D eigenvalue weighted by Crippen LogP contribution is 2.26. The molecular weight excluding hydrogens is 307 g/mol. The fourth-order valence-electron chi connectivity index (χ4n) is 1.65. The maximum absolute atomic E-state index is 13.5. The Balaban J connectivity index is 2.33. The predicted molar refractivity (Wildman–Crippen MR) is 73.5 cm³/mol. The van der Waals surface area contributed by atoms with Crippen LogP contribution in [0, 0.1) is 17.5 Å². The standard InChI is InChI=1S/C13H9ClF3N3O/c14-7-2-1-3-8(15)11(7)19-13(21)6-4-9(16)12(20-18)10(17)5-6/h1-5,20H,18H2,(H,19,21). The van der Waals surface area contributed by atoms with Crippen LogP contribution in [0.1, 0.15) is 10.4 Å². The molecule has 110 valence electrons. The van der Waals surface area contributed by atoms with Crippen LogP contribution in [0.25, 0.3) is 0 Å². The van der Waals surface area contributed by atoms with E-state index in [0.29, 0.717) is 0 Å². The molecule has 0 aliphatic rings. The Morgan fingerprint density at radius 2 is 1.67 bits per heavy atom. The molecule has 0 fully saturated rings. The van der Waals surface area contributed by atoms with Crippen LogP contribution >= 0.6 is 11.6 Å². The van der Waals surface area contributed by atoms with Crippen molar-refractivity contribution in [2.24, 2.45) is 5.84 Å². The molecule has 4 N–H and O–H groups in total. The molecule has 4 nitrogen and oxygen atoms in total. The lowest BCUT2D eigenvalue weighted by Crippen LogP contribution is -2.16. The average molecular weight is 316 g/mol. The second-order valence-corrected chi connectivity index (χ2v) is 4.42. The molecule has 0 unspecified atom stereocenters. The number of carbonyl (C=O) groups excluding carboxylic acids is 1. The molecule has 0 spiro atoms. The van der Waals surface area contributed by atoms with Crippen LogP contribution < -0.4 is 16.6 Å². The Bertz CT molecular complexity index is 666. The van der Waals surface area contributed by atoms with Crippen LogP contribution in [0.15, 0.2) is 30.3 Å². The van der Waals surface area contributed by atoms with Gasteiger partial charge in [-0.25, -0.2) is 13.2 Å². The molecule has 1 amide bonds. The van der Waals surface area contributed by atoms with E-state index in [0.717, 1.165) is 18.2 Å². The Labute approximate surface area is 122 Å². The number of hydrazine groups is 1. The molecule has 21 heavy (non-hydrogen) atoms. The average Bonchev–Trinajstić information content (AvgIpc) is 2.42. The lowest BCUT2D eigenvalue weighted by molar-refractivity contribution is 0.102. The van der Waals surface area contributed by atoms with Crippen LogP contribution in [0.5, 0.6) is 0 Å². The number of benzene rings is 2. The van der Waals surface area contributed by atoms with Gasteiger partial charge in [-0.05, 0) is 24.3 Å². The molecule has 8 heteroatoms. The molecule has 0 bridgehead atoms. The first kappa shape index (κ1) is 15.1. The summed E-state index contributed by atoms with van der Waals surface area (Å²) >= 11 is 5.74. The number of hydrogen-bond acceptors (Lipinski definition) is 3. The van der Waals surface area contributed by atoms with E-state index in [2.05, 4.69) is 5.32 Å². The van der Waals surface area contributed by atoms with E-state index < -0.39 is 29.0 Å². The molecular formula is C13H9ClF3N3O. The van der Waals surface area contributed by atoms with Gasteiger partial charge >= 0.3 is 0 Å². The van der Waals surface area contributed by atoms with Gasteiger partial charge in [0, 0.05) is 5.56 Å². The van der Waals surface area contributed by atoms with Crippen LogP contribution in [0.4, 0.5) is 24.5 Å². The Hall–Kier alpha value is -2.25. The maximum Gasteiger partial charge on any atom is 0.255 e. The third kappa shape index (κ3) is 3.09. The zero-order valence-corrected chi connectivity index (χ0v) is 11.1. The summed E-state index contributed by atoms with van der Waals surface area (Å²) in [7, 11) is 0. The molecule has 0 aliphatic carbocycles. The van der Waals surface area contributed by atoms with Gasteiger partial charge in [0.05, 0.1) is 10.7 Å². The van der Waals surface area contributed by atoms with E-state index in [-0.39, 0.29) is 16.3 Å². The number of hydrogen-bond donors (Lipinski definition) is 3. The number of amides is 1. The zero-order chi connectivity index (χ0) is 15.6. The summed E-state index contributed by atoms with van der Waals surface area (Å²) < 4.78 is 40.5. The molecule has 0 heterocycles. The van der Waals surface area contributed by atoms with E-state index in [4.69, 9.17) is 17.4 Å². The Kier molecular flexibility index (Phi) is 4.35. The van der Waals surface area contributed by atoms with Crippen molar-refractivity contribution in [3.05, 3.63) is 58.4 Å². The molecule has 2 aromatic rings. The van der Waals surface area contributed by atoms with Crippen molar-refractivity contribution in [3.63, 3.8) is 0 Å². The van der Waals surface area contributed by atoms with Gasteiger partial charge in [-0.2, -0.15) is 0 Å². The second kappa shape index (κ2) is 6.02. The number of nitrogens with two attached hydrogens (primary N) is 1. The number of rotatable bonds is 3. The van der Waals surface area contributed by atoms with Gasteiger partial charge in [-0.1, -0.05) is 17.7 Å². The summed E-state index contributed by atoms with van der Waals surface area (Å²) in [6.07, 6.45) is 0. The van der Waals surface area contributed by atoms with Gasteiger partial charge in [0.25, 0.3) is 5.91 Å². The van der Waals surface area contributed by atoms with E-state index in [9.17, 15) is 18.0 Å². The summed E-state index contributed by atoms with van der Waals surface area (Å²) in [6, 6.07) is 5.34. The quantitative estimate of drug-likeness (QED) is 0.601. The number of para-hydroxylation sites is 1. The zero-order valence-electron chi connectivity index (χ0n) is 10.4. The third-order valence-electron chi connectivity index (χ3n) is 2.65. The normalized spacial score (nSPS) is 10.3. The van der Waals surface area contributed by atoms with Crippen molar-refractivity contribution in [3.8, 4) is 0 Å². The van der Waals surface area contributed by atoms with E-state index in [1.165, 1.54) is 12.1 Å². The number of nitrogens with one attached hydrogen (secondary N) is 2. The smallest absolute Gasteiger partial charge is 0.255 e. The summed E-state index contributed by atoms with van der Waals surface area (Å²) in [5, 5.41) is 2.12. The SMILES string of the molecule is NNc1c(F)cc(C(=O)Nc2c(F)cccc2Cl)cc1F. The van der Waals surface area contributed by atoms with Gasteiger partial charge < -0.3 is 10.7 Å². The highest BCUT2D eigenvalue weighted by Gasteiger charge is 2.17. The molecule has 2 rings (SSSR count). The summed E-state index contributed by atoms with van der Waals surface area (Å²) in [5.74, 6) is 1.16. The summed E-state index contributed by atoms with van der Waals surface area (Å²) in [5.41, 5.74) is 0.645. The van der Waals surface area contributed by atoms with E-state index >= 15 is 0 Å². The first-order valence-corrected chi connectivity index (χ1v) is 6.03. The Morgan fingerprint density at radius 3 is 2.19 bits per heavy atom. The van der Waals surface area contributed by atoms with Gasteiger partial charge in [0.1, 0.15) is 11.5 Å². The van der Waals surface area contributed by atoms with Crippen molar-refractivity contribution < 1.29 is 18.0 Å². The van der Waals surface area contributed by atoms with Crippen LogP contribution in [-0.4, -0.2) is 5.91 Å². The van der Waals surface area contributed by atoms with Crippen molar-refractivity contribution >= 4 is 28.9 Å². The molecule has 0 aromatic heterocycles. The number of carbonyl (C=O) groups is 1. The lowest BCUT2D eigenvalue weighted by Gasteiger charge is -2.10. The molecule has 0 atom stereocenters. The van der Waals surface area contributed by atoms with Gasteiger partial charge in [0.15, 0.2) is 11.6 Å².